The zero-order chi connectivity index (χ0) is 24.5. The van der Waals surface area contributed by atoms with Crippen molar-refractivity contribution in [3.8, 4) is 5.69 Å². The summed E-state index contributed by atoms with van der Waals surface area (Å²) in [5.74, 6) is 2.18. The normalized spacial score (nSPS) is 17.9. The summed E-state index contributed by atoms with van der Waals surface area (Å²) in [5, 5.41) is 5.72. The minimum atomic E-state index is -0.278. The Morgan fingerprint density at radius 3 is 2.43 bits per heavy atom. The first-order valence-electron chi connectivity index (χ1n) is 13.0. The van der Waals surface area contributed by atoms with Crippen molar-refractivity contribution in [2.45, 2.75) is 65.2 Å². The van der Waals surface area contributed by atoms with Crippen molar-refractivity contribution in [1.29, 1.82) is 0 Å². The van der Waals surface area contributed by atoms with Gasteiger partial charge in [0, 0.05) is 38.0 Å². The Morgan fingerprint density at radius 2 is 1.77 bits per heavy atom. The van der Waals surface area contributed by atoms with Crippen LogP contribution in [-0.2, 0) is 4.79 Å². The highest BCUT2D eigenvalue weighted by atomic mass is 19.1. The standard InChI is InChI=1S/C27H35FN6O/c1-4-7-18(2)24-29-25(32-14-16-33(17-15-32)27(35)20-8-5-6-9-20)23-19(3)31-34(26(23)30-24)22-12-10-21(28)11-13-22/h10-13,18,20H,4-9,14-17H2,1-3H3/t18-/m0/s1. The molecule has 8 heteroatoms. The zero-order valence-electron chi connectivity index (χ0n) is 21.0. The molecule has 2 fully saturated rings. The summed E-state index contributed by atoms with van der Waals surface area (Å²) >= 11 is 0. The topological polar surface area (TPSA) is 67.2 Å². The van der Waals surface area contributed by atoms with Crippen LogP contribution < -0.4 is 4.90 Å². The van der Waals surface area contributed by atoms with Gasteiger partial charge in [0.2, 0.25) is 5.91 Å². The van der Waals surface area contributed by atoms with Gasteiger partial charge in [-0.1, -0.05) is 33.1 Å². The largest absolute Gasteiger partial charge is 0.352 e. The molecule has 3 heterocycles. The molecule has 0 spiro atoms. The van der Waals surface area contributed by atoms with Gasteiger partial charge in [-0.3, -0.25) is 4.79 Å². The van der Waals surface area contributed by atoms with Gasteiger partial charge in [0.05, 0.1) is 16.8 Å². The number of aromatic nitrogens is 4. The summed E-state index contributed by atoms with van der Waals surface area (Å²) in [5.41, 5.74) is 2.37. The van der Waals surface area contributed by atoms with E-state index in [4.69, 9.17) is 15.1 Å². The van der Waals surface area contributed by atoms with E-state index in [1.807, 2.05) is 11.8 Å². The molecule has 186 valence electrons. The summed E-state index contributed by atoms with van der Waals surface area (Å²) in [6.07, 6.45) is 6.46. The number of aryl methyl sites for hydroxylation is 1. The van der Waals surface area contributed by atoms with Gasteiger partial charge in [-0.05, 0) is 50.5 Å². The minimum absolute atomic E-state index is 0.213. The second kappa shape index (κ2) is 9.91. The second-order valence-electron chi connectivity index (χ2n) is 10.1. The summed E-state index contributed by atoms with van der Waals surface area (Å²) in [7, 11) is 0. The molecule has 1 atom stereocenters. The number of hydrogen-bond donors (Lipinski definition) is 0. The molecule has 7 nitrogen and oxygen atoms in total. The Bertz CT molecular complexity index is 1190. The van der Waals surface area contributed by atoms with E-state index in [1.54, 1.807) is 16.8 Å². The molecule has 1 saturated heterocycles. The number of piperazine rings is 1. The highest BCUT2D eigenvalue weighted by Crippen LogP contribution is 2.33. The summed E-state index contributed by atoms with van der Waals surface area (Å²) < 4.78 is 15.4. The van der Waals surface area contributed by atoms with Gasteiger partial charge in [0.15, 0.2) is 5.65 Å². The van der Waals surface area contributed by atoms with Crippen LogP contribution in [0.15, 0.2) is 24.3 Å². The van der Waals surface area contributed by atoms with Crippen LogP contribution in [-0.4, -0.2) is 56.7 Å². The molecule has 0 N–H and O–H groups in total. The van der Waals surface area contributed by atoms with E-state index in [1.165, 1.54) is 25.0 Å². The Morgan fingerprint density at radius 1 is 1.09 bits per heavy atom. The molecule has 3 aromatic rings. The van der Waals surface area contributed by atoms with Gasteiger partial charge in [0.1, 0.15) is 17.5 Å². The molecule has 5 rings (SSSR count). The average Bonchev–Trinajstić information content (AvgIpc) is 3.53. The molecule has 1 saturated carbocycles. The number of benzene rings is 1. The molecule has 35 heavy (non-hydrogen) atoms. The summed E-state index contributed by atoms with van der Waals surface area (Å²) in [4.78, 5) is 27.3. The maximum Gasteiger partial charge on any atom is 0.225 e. The van der Waals surface area contributed by atoms with E-state index in [9.17, 15) is 9.18 Å². The van der Waals surface area contributed by atoms with Crippen molar-refractivity contribution in [2.75, 3.05) is 31.1 Å². The Kier molecular flexibility index (Phi) is 6.71. The first kappa shape index (κ1) is 23.7. The van der Waals surface area contributed by atoms with Crippen LogP contribution >= 0.6 is 0 Å². The highest BCUT2D eigenvalue weighted by Gasteiger charge is 2.31. The molecule has 2 aliphatic rings. The molecule has 0 bridgehead atoms. The predicted molar refractivity (Wildman–Crippen MR) is 135 cm³/mol. The lowest BCUT2D eigenvalue weighted by Crippen LogP contribution is -2.50. The molecule has 0 unspecified atom stereocenters. The van der Waals surface area contributed by atoms with Crippen LogP contribution in [0, 0.1) is 18.7 Å². The summed E-state index contributed by atoms with van der Waals surface area (Å²) in [6, 6.07) is 6.35. The number of halogens is 1. The van der Waals surface area contributed by atoms with E-state index in [0.717, 1.165) is 72.8 Å². The van der Waals surface area contributed by atoms with Crippen molar-refractivity contribution < 1.29 is 9.18 Å². The molecule has 1 amide bonds. The van der Waals surface area contributed by atoms with Crippen LogP contribution in [0.5, 0.6) is 0 Å². The van der Waals surface area contributed by atoms with Crippen LogP contribution in [0.3, 0.4) is 0 Å². The summed E-state index contributed by atoms with van der Waals surface area (Å²) in [6.45, 7) is 9.23. The first-order valence-corrected chi connectivity index (χ1v) is 13.0. The molecular formula is C27H35FN6O. The maximum atomic E-state index is 13.6. The minimum Gasteiger partial charge on any atom is -0.352 e. The van der Waals surface area contributed by atoms with Crippen molar-refractivity contribution in [3.05, 3.63) is 41.6 Å². The smallest absolute Gasteiger partial charge is 0.225 e. The SMILES string of the molecule is CCC[C@H](C)c1nc(N2CCN(C(=O)C3CCCC3)CC2)c2c(C)nn(-c3ccc(F)cc3)c2n1. The number of nitrogens with zero attached hydrogens (tertiary/aromatic N) is 6. The van der Waals surface area contributed by atoms with Gasteiger partial charge in [-0.15, -0.1) is 0 Å². The number of rotatable bonds is 6. The highest BCUT2D eigenvalue weighted by molar-refractivity contribution is 5.91. The van der Waals surface area contributed by atoms with Crippen molar-refractivity contribution >= 4 is 22.8 Å². The third kappa shape index (κ3) is 4.62. The number of hydrogen-bond acceptors (Lipinski definition) is 5. The number of anilines is 1. The lowest BCUT2D eigenvalue weighted by atomic mass is 10.1. The molecule has 2 aromatic heterocycles. The van der Waals surface area contributed by atoms with Gasteiger partial charge in [0.25, 0.3) is 0 Å². The van der Waals surface area contributed by atoms with Gasteiger partial charge in [-0.2, -0.15) is 5.10 Å². The Balaban J connectivity index is 1.50. The van der Waals surface area contributed by atoms with Gasteiger partial charge in [-0.25, -0.2) is 19.0 Å². The van der Waals surface area contributed by atoms with Crippen LogP contribution in [0.4, 0.5) is 10.2 Å². The Hall–Kier alpha value is -3.03. The van der Waals surface area contributed by atoms with Crippen molar-refractivity contribution in [2.24, 2.45) is 5.92 Å². The third-order valence-electron chi connectivity index (χ3n) is 7.53. The fraction of sp³-hybridized carbons (Fsp3) is 0.556. The van der Waals surface area contributed by atoms with E-state index in [-0.39, 0.29) is 17.7 Å². The third-order valence-corrected chi connectivity index (χ3v) is 7.53. The van der Waals surface area contributed by atoms with E-state index in [2.05, 4.69) is 18.7 Å². The lowest BCUT2D eigenvalue weighted by Gasteiger charge is -2.37. The Labute approximate surface area is 206 Å². The van der Waals surface area contributed by atoms with E-state index < -0.39 is 0 Å². The number of fused-ring (bicyclic) bond motifs is 1. The van der Waals surface area contributed by atoms with Crippen LogP contribution in [0.25, 0.3) is 16.7 Å². The van der Waals surface area contributed by atoms with Crippen molar-refractivity contribution in [3.63, 3.8) is 0 Å². The predicted octanol–water partition coefficient (Wildman–Crippen LogP) is 5.01. The number of amides is 1. The van der Waals surface area contributed by atoms with E-state index >= 15 is 0 Å². The number of carbonyl (C=O) groups excluding carboxylic acids is 1. The fourth-order valence-corrected chi connectivity index (χ4v) is 5.52. The molecule has 1 aromatic carbocycles. The first-order chi connectivity index (χ1) is 17.0. The molecule has 1 aliphatic heterocycles. The van der Waals surface area contributed by atoms with Crippen LogP contribution in [0.1, 0.15) is 69.8 Å². The second-order valence-corrected chi connectivity index (χ2v) is 10.1. The van der Waals surface area contributed by atoms with E-state index in [0.29, 0.717) is 19.0 Å². The lowest BCUT2D eigenvalue weighted by molar-refractivity contribution is -0.135. The maximum absolute atomic E-state index is 13.6. The zero-order valence-corrected chi connectivity index (χ0v) is 21.0. The monoisotopic (exact) mass is 478 g/mol. The quantitative estimate of drug-likeness (QED) is 0.499. The van der Waals surface area contributed by atoms with Crippen molar-refractivity contribution in [1.82, 2.24) is 24.6 Å². The van der Waals surface area contributed by atoms with Gasteiger partial charge < -0.3 is 9.80 Å². The average molecular weight is 479 g/mol. The van der Waals surface area contributed by atoms with Crippen LogP contribution in [0.2, 0.25) is 0 Å². The molecule has 1 aliphatic carbocycles. The number of carbonyl (C=O) groups is 1. The molecular weight excluding hydrogens is 443 g/mol. The van der Waals surface area contributed by atoms with Gasteiger partial charge >= 0.3 is 0 Å². The molecule has 0 radical (unpaired) electrons. The fourth-order valence-electron chi connectivity index (χ4n) is 5.52.